The number of rotatable bonds is 3. The van der Waals surface area contributed by atoms with E-state index in [0.29, 0.717) is 5.58 Å². The first-order chi connectivity index (χ1) is 9.28. The quantitative estimate of drug-likeness (QED) is 0.781. The van der Waals surface area contributed by atoms with E-state index in [9.17, 15) is 4.39 Å². The van der Waals surface area contributed by atoms with E-state index in [4.69, 9.17) is 4.42 Å². The molecule has 1 aromatic carbocycles. The summed E-state index contributed by atoms with van der Waals surface area (Å²) in [6.45, 7) is 0. The number of nitrogens with zero attached hydrogens (tertiary/aromatic N) is 1. The summed E-state index contributed by atoms with van der Waals surface area (Å²) in [5.41, 5.74) is 1.54. The van der Waals surface area contributed by atoms with Gasteiger partial charge in [-0.05, 0) is 43.4 Å². The molecule has 3 aromatic rings. The molecule has 1 N–H and O–H groups in total. The fourth-order valence-corrected chi connectivity index (χ4v) is 2.16. The predicted molar refractivity (Wildman–Crippen MR) is 71.3 cm³/mol. The van der Waals surface area contributed by atoms with Crippen LogP contribution in [0.4, 0.5) is 4.39 Å². The second-order valence-corrected chi connectivity index (χ2v) is 4.31. The lowest BCUT2D eigenvalue weighted by Crippen LogP contribution is -2.18. The zero-order valence-electron chi connectivity index (χ0n) is 10.4. The second kappa shape index (κ2) is 4.82. The van der Waals surface area contributed by atoms with Gasteiger partial charge in [-0.2, -0.15) is 0 Å². The van der Waals surface area contributed by atoms with E-state index in [-0.39, 0.29) is 11.9 Å². The lowest BCUT2D eigenvalue weighted by atomic mass is 10.1. The van der Waals surface area contributed by atoms with Gasteiger partial charge in [0.2, 0.25) is 0 Å². The van der Waals surface area contributed by atoms with Crippen LogP contribution in [0, 0.1) is 5.82 Å². The molecule has 0 aliphatic rings. The lowest BCUT2D eigenvalue weighted by molar-refractivity contribution is 0.485. The minimum absolute atomic E-state index is 0.142. The molecule has 0 fully saturated rings. The maximum atomic E-state index is 13.2. The standard InChI is InChI=1S/C15H13FN2O/c1-17-15(12-4-2-3-7-18-12)14-9-10-8-11(16)5-6-13(10)19-14/h2-9,15,17H,1H3. The molecule has 0 saturated heterocycles. The van der Waals surface area contributed by atoms with Crippen molar-refractivity contribution in [3.63, 3.8) is 0 Å². The van der Waals surface area contributed by atoms with Gasteiger partial charge in [0.05, 0.1) is 5.69 Å². The Balaban J connectivity index is 2.07. The van der Waals surface area contributed by atoms with Gasteiger partial charge in [-0.15, -0.1) is 0 Å². The average Bonchev–Trinajstić information content (AvgIpc) is 2.83. The van der Waals surface area contributed by atoms with Crippen molar-refractivity contribution in [1.82, 2.24) is 10.3 Å². The molecular formula is C15H13FN2O. The van der Waals surface area contributed by atoms with Gasteiger partial charge in [-0.25, -0.2) is 4.39 Å². The van der Waals surface area contributed by atoms with Crippen LogP contribution in [0.1, 0.15) is 17.5 Å². The topological polar surface area (TPSA) is 38.1 Å². The number of halogens is 1. The molecule has 4 heteroatoms. The van der Waals surface area contributed by atoms with Crippen LogP contribution in [0.25, 0.3) is 11.0 Å². The van der Waals surface area contributed by atoms with E-state index in [1.807, 2.05) is 31.3 Å². The monoisotopic (exact) mass is 256 g/mol. The molecule has 3 nitrogen and oxygen atoms in total. The number of fused-ring (bicyclic) bond motifs is 1. The predicted octanol–water partition coefficient (Wildman–Crippen LogP) is 3.28. The number of hydrogen-bond donors (Lipinski definition) is 1. The summed E-state index contributed by atoms with van der Waals surface area (Å²) < 4.78 is 18.9. The molecule has 19 heavy (non-hydrogen) atoms. The molecule has 2 aromatic heterocycles. The van der Waals surface area contributed by atoms with Crippen molar-refractivity contribution in [2.45, 2.75) is 6.04 Å². The Morgan fingerprint density at radius 2 is 2.11 bits per heavy atom. The number of nitrogens with one attached hydrogen (secondary N) is 1. The Morgan fingerprint density at radius 1 is 1.21 bits per heavy atom. The number of furan rings is 1. The van der Waals surface area contributed by atoms with Crippen molar-refractivity contribution >= 4 is 11.0 Å². The van der Waals surface area contributed by atoms with Crippen LogP contribution in [-0.4, -0.2) is 12.0 Å². The maximum absolute atomic E-state index is 13.2. The molecule has 0 saturated carbocycles. The normalized spacial score (nSPS) is 12.7. The van der Waals surface area contributed by atoms with E-state index in [2.05, 4.69) is 10.3 Å². The van der Waals surface area contributed by atoms with Gasteiger partial charge in [0.25, 0.3) is 0 Å². The van der Waals surface area contributed by atoms with Crippen LogP contribution in [0.2, 0.25) is 0 Å². The fraction of sp³-hybridized carbons (Fsp3) is 0.133. The number of pyridine rings is 1. The third kappa shape index (κ3) is 2.22. The van der Waals surface area contributed by atoms with Gasteiger partial charge in [0.1, 0.15) is 23.2 Å². The minimum atomic E-state index is -0.265. The molecule has 1 atom stereocenters. The Morgan fingerprint density at radius 3 is 2.84 bits per heavy atom. The average molecular weight is 256 g/mol. The van der Waals surface area contributed by atoms with Crippen LogP contribution >= 0.6 is 0 Å². The Hall–Kier alpha value is -2.20. The molecule has 3 rings (SSSR count). The van der Waals surface area contributed by atoms with Gasteiger partial charge in [0.15, 0.2) is 0 Å². The van der Waals surface area contributed by atoms with E-state index in [0.717, 1.165) is 16.8 Å². The van der Waals surface area contributed by atoms with Gasteiger partial charge in [-0.3, -0.25) is 4.98 Å². The van der Waals surface area contributed by atoms with E-state index in [1.165, 1.54) is 12.1 Å². The fourth-order valence-electron chi connectivity index (χ4n) is 2.16. The summed E-state index contributed by atoms with van der Waals surface area (Å²) >= 11 is 0. The molecule has 0 bridgehead atoms. The highest BCUT2D eigenvalue weighted by Gasteiger charge is 2.17. The lowest BCUT2D eigenvalue weighted by Gasteiger charge is -2.12. The SMILES string of the molecule is CNC(c1ccccn1)c1cc2cc(F)ccc2o1. The van der Waals surface area contributed by atoms with Gasteiger partial charge < -0.3 is 9.73 Å². The molecule has 0 spiro atoms. The molecule has 0 radical (unpaired) electrons. The number of benzene rings is 1. The largest absolute Gasteiger partial charge is 0.459 e. The molecule has 1 unspecified atom stereocenters. The minimum Gasteiger partial charge on any atom is -0.459 e. The van der Waals surface area contributed by atoms with Gasteiger partial charge >= 0.3 is 0 Å². The van der Waals surface area contributed by atoms with Crippen LogP contribution in [0.5, 0.6) is 0 Å². The highest BCUT2D eigenvalue weighted by atomic mass is 19.1. The molecule has 2 heterocycles. The number of aromatic nitrogens is 1. The van der Waals surface area contributed by atoms with Crippen molar-refractivity contribution in [3.8, 4) is 0 Å². The van der Waals surface area contributed by atoms with Crippen molar-refractivity contribution in [2.24, 2.45) is 0 Å². The zero-order valence-corrected chi connectivity index (χ0v) is 10.4. The van der Waals surface area contributed by atoms with Gasteiger partial charge in [0, 0.05) is 11.6 Å². The smallest absolute Gasteiger partial charge is 0.134 e. The Bertz CT molecular complexity index is 694. The van der Waals surface area contributed by atoms with Crippen molar-refractivity contribution in [3.05, 3.63) is 65.9 Å². The summed E-state index contributed by atoms with van der Waals surface area (Å²) in [5, 5.41) is 3.92. The third-order valence-corrected chi connectivity index (χ3v) is 3.05. The van der Waals surface area contributed by atoms with Crippen molar-refractivity contribution in [2.75, 3.05) is 7.05 Å². The summed E-state index contributed by atoms with van der Waals surface area (Å²) in [5.74, 6) is 0.459. The first kappa shape index (κ1) is 11.9. The van der Waals surface area contributed by atoms with Crippen molar-refractivity contribution < 1.29 is 8.81 Å². The Labute approximate surface area is 110 Å². The van der Waals surface area contributed by atoms with Crippen LogP contribution in [0.3, 0.4) is 0 Å². The van der Waals surface area contributed by atoms with Crippen LogP contribution in [0.15, 0.2) is 53.1 Å². The number of hydrogen-bond acceptors (Lipinski definition) is 3. The Kier molecular flexibility index (Phi) is 3.01. The molecule has 96 valence electrons. The van der Waals surface area contributed by atoms with E-state index >= 15 is 0 Å². The van der Waals surface area contributed by atoms with E-state index < -0.39 is 0 Å². The van der Waals surface area contributed by atoms with Crippen LogP contribution in [-0.2, 0) is 0 Å². The molecular weight excluding hydrogens is 243 g/mol. The first-order valence-electron chi connectivity index (χ1n) is 6.05. The van der Waals surface area contributed by atoms with Gasteiger partial charge in [-0.1, -0.05) is 6.07 Å². The highest BCUT2D eigenvalue weighted by Crippen LogP contribution is 2.27. The third-order valence-electron chi connectivity index (χ3n) is 3.05. The van der Waals surface area contributed by atoms with E-state index in [1.54, 1.807) is 12.3 Å². The van der Waals surface area contributed by atoms with Crippen molar-refractivity contribution in [1.29, 1.82) is 0 Å². The maximum Gasteiger partial charge on any atom is 0.134 e. The molecule has 0 aliphatic carbocycles. The second-order valence-electron chi connectivity index (χ2n) is 4.31. The summed E-state index contributed by atoms with van der Waals surface area (Å²) in [6.07, 6.45) is 1.74. The molecule has 0 amide bonds. The molecule has 0 aliphatic heterocycles. The summed E-state index contributed by atoms with van der Waals surface area (Å²) in [7, 11) is 1.84. The zero-order chi connectivity index (χ0) is 13.2. The summed E-state index contributed by atoms with van der Waals surface area (Å²) in [6, 6.07) is 11.9. The van der Waals surface area contributed by atoms with Crippen LogP contribution < -0.4 is 5.32 Å². The summed E-state index contributed by atoms with van der Waals surface area (Å²) in [4.78, 5) is 4.32. The highest BCUT2D eigenvalue weighted by molar-refractivity contribution is 5.78. The first-order valence-corrected chi connectivity index (χ1v) is 6.05.